The molecule has 2 heterocycles. The molecule has 3 N–H and O–H groups in total. The Kier molecular flexibility index (Phi) is 9.56. The molecule has 0 aliphatic carbocycles. The van der Waals surface area contributed by atoms with Crippen LogP contribution >= 0.6 is 0 Å². The van der Waals surface area contributed by atoms with Crippen molar-refractivity contribution in [3.63, 3.8) is 0 Å². The first-order chi connectivity index (χ1) is 17.7. The number of ether oxygens (including phenoxy) is 3. The average Bonchev–Trinajstić information content (AvgIpc) is 2.88. The van der Waals surface area contributed by atoms with E-state index in [4.69, 9.17) is 25.0 Å². The number of benzene rings is 1. The monoisotopic (exact) mass is 514 g/mol. The van der Waals surface area contributed by atoms with Crippen LogP contribution in [0.1, 0.15) is 32.9 Å². The number of hydrogen-bond acceptors (Lipinski definition) is 9. The molecular weight excluding hydrogens is 479 g/mol. The van der Waals surface area contributed by atoms with Gasteiger partial charge in [0.05, 0.1) is 51.5 Å². The number of pyridine rings is 1. The van der Waals surface area contributed by atoms with Crippen molar-refractivity contribution in [2.45, 2.75) is 45.9 Å². The maximum absolute atomic E-state index is 15.1. The second-order valence-electron chi connectivity index (χ2n) is 8.75. The molecule has 3 aromatic rings. The molecule has 0 bridgehead atoms. The van der Waals surface area contributed by atoms with Crippen molar-refractivity contribution in [3.05, 3.63) is 53.7 Å². The van der Waals surface area contributed by atoms with Crippen LogP contribution in [0, 0.1) is 5.82 Å². The van der Waals surface area contributed by atoms with Gasteiger partial charge in [-0.2, -0.15) is 0 Å². The summed E-state index contributed by atoms with van der Waals surface area (Å²) in [6, 6.07) is 6.36. The van der Waals surface area contributed by atoms with Crippen molar-refractivity contribution in [2.75, 3.05) is 27.9 Å². The van der Waals surface area contributed by atoms with Crippen molar-refractivity contribution >= 4 is 22.4 Å². The molecule has 0 spiro atoms. The summed E-state index contributed by atoms with van der Waals surface area (Å²) in [6.07, 6.45) is 3.20. The lowest BCUT2D eigenvalue weighted by Crippen LogP contribution is -2.31. The lowest BCUT2D eigenvalue weighted by molar-refractivity contribution is -0.000713. The fraction of sp³-hybridized carbons (Fsp3) is 0.423. The number of aliphatic hydroxyl groups is 1. The Morgan fingerprint density at radius 2 is 2.03 bits per heavy atom. The van der Waals surface area contributed by atoms with Gasteiger partial charge in [-0.1, -0.05) is 6.92 Å². The molecule has 0 fully saturated rings. The molecule has 0 radical (unpaired) electrons. The van der Waals surface area contributed by atoms with Gasteiger partial charge in [0.2, 0.25) is 0 Å². The van der Waals surface area contributed by atoms with Crippen LogP contribution in [-0.2, 0) is 11.3 Å². The van der Waals surface area contributed by atoms with E-state index in [2.05, 4.69) is 9.98 Å². The summed E-state index contributed by atoms with van der Waals surface area (Å²) in [7, 11) is 4.58. The summed E-state index contributed by atoms with van der Waals surface area (Å²) in [4.78, 5) is 14.0. The molecule has 1 aromatic carbocycles. The van der Waals surface area contributed by atoms with Crippen LogP contribution in [0.4, 0.5) is 10.1 Å². The Morgan fingerprint density at radius 3 is 2.65 bits per heavy atom. The number of fused-ring (bicyclic) bond motifs is 1. The molecule has 0 aliphatic heterocycles. The highest BCUT2D eigenvalue weighted by atomic mass is 19.1. The molecular formula is C26H35FN6O4. The number of aromatic nitrogens is 3. The van der Waals surface area contributed by atoms with Crippen molar-refractivity contribution in [2.24, 2.45) is 10.8 Å². The van der Waals surface area contributed by atoms with Crippen molar-refractivity contribution in [1.29, 1.82) is 0 Å². The average molecular weight is 515 g/mol. The van der Waals surface area contributed by atoms with Gasteiger partial charge in [-0.25, -0.2) is 20.2 Å². The van der Waals surface area contributed by atoms with E-state index in [9.17, 15) is 5.11 Å². The number of hydrazine groups is 1. The fourth-order valence-corrected chi connectivity index (χ4v) is 3.67. The molecule has 2 aromatic heterocycles. The minimum absolute atomic E-state index is 0.00140. The Balaban J connectivity index is 2.27. The zero-order valence-electron chi connectivity index (χ0n) is 22.1. The fourth-order valence-electron chi connectivity index (χ4n) is 3.67. The predicted octanol–water partition coefficient (Wildman–Crippen LogP) is 3.16. The first-order valence-electron chi connectivity index (χ1n) is 12.0. The number of nitrogens with two attached hydrogens (primary N) is 1. The Bertz CT molecular complexity index is 1320. The number of methoxy groups -OCH3 is 2. The highest BCUT2D eigenvalue weighted by Crippen LogP contribution is 2.32. The molecule has 0 aliphatic rings. The van der Waals surface area contributed by atoms with E-state index in [0.29, 0.717) is 34.5 Å². The molecule has 0 saturated carbocycles. The van der Waals surface area contributed by atoms with Gasteiger partial charge in [-0.3, -0.25) is 4.98 Å². The van der Waals surface area contributed by atoms with Crippen molar-refractivity contribution in [1.82, 2.24) is 19.5 Å². The first-order valence-corrected chi connectivity index (χ1v) is 12.0. The number of rotatable bonds is 11. The van der Waals surface area contributed by atoms with Gasteiger partial charge < -0.3 is 28.9 Å². The molecule has 10 nitrogen and oxygen atoms in total. The third-order valence-corrected chi connectivity index (χ3v) is 5.47. The molecule has 1 unspecified atom stereocenters. The molecule has 1 atom stereocenters. The largest absolute Gasteiger partial charge is 0.497 e. The number of nitrogens with zero attached hydrogens (tertiary/aromatic N) is 5. The second kappa shape index (κ2) is 12.6. The summed E-state index contributed by atoms with van der Waals surface area (Å²) in [6.45, 7) is 5.97. The normalized spacial score (nSPS) is 13.4. The molecule has 3 rings (SSSR count). The summed E-state index contributed by atoms with van der Waals surface area (Å²) in [5.74, 6) is 5.58. The number of allylic oxidation sites excluding steroid dienone is 1. The zero-order chi connectivity index (χ0) is 27.1. The van der Waals surface area contributed by atoms with E-state index in [0.717, 1.165) is 5.57 Å². The number of aliphatic hydroxyl groups excluding tert-OH is 1. The third-order valence-electron chi connectivity index (χ3n) is 5.47. The molecule has 0 saturated heterocycles. The van der Waals surface area contributed by atoms with E-state index in [-0.39, 0.29) is 30.7 Å². The summed E-state index contributed by atoms with van der Waals surface area (Å²) in [5, 5.41) is 12.2. The molecule has 37 heavy (non-hydrogen) atoms. The minimum Gasteiger partial charge on any atom is -0.497 e. The van der Waals surface area contributed by atoms with E-state index in [1.54, 1.807) is 36.1 Å². The Labute approximate surface area is 215 Å². The quantitative estimate of drug-likeness (QED) is 0.296. The zero-order valence-corrected chi connectivity index (χ0v) is 22.1. The summed E-state index contributed by atoms with van der Waals surface area (Å²) in [5.41, 5.74) is 2.92. The lowest BCUT2D eigenvalue weighted by atomic mass is 10.1. The van der Waals surface area contributed by atoms with Gasteiger partial charge in [-0.15, -0.1) is 0 Å². The van der Waals surface area contributed by atoms with Crippen LogP contribution < -0.4 is 20.8 Å². The number of hydrogen-bond donors (Lipinski definition) is 2. The highest BCUT2D eigenvalue weighted by Gasteiger charge is 2.16. The Morgan fingerprint density at radius 1 is 1.27 bits per heavy atom. The SMILES string of the molecule is CC/C(=C\N(C)N)c1cnc2ccc(=Nc3cc(OC)cc(OC)c3F)n(CC(O)COC(C)C)c2n1. The van der Waals surface area contributed by atoms with Crippen molar-refractivity contribution in [3.8, 4) is 11.5 Å². The van der Waals surface area contributed by atoms with Crippen LogP contribution in [0.15, 0.2) is 41.7 Å². The summed E-state index contributed by atoms with van der Waals surface area (Å²) < 4.78 is 32.9. The van der Waals surface area contributed by atoms with Gasteiger partial charge in [0.1, 0.15) is 22.4 Å². The predicted molar refractivity (Wildman–Crippen MR) is 140 cm³/mol. The minimum atomic E-state index is -0.876. The summed E-state index contributed by atoms with van der Waals surface area (Å²) >= 11 is 0. The third kappa shape index (κ3) is 7.03. The topological polar surface area (TPSA) is 120 Å². The van der Waals surface area contributed by atoms with E-state index in [1.807, 2.05) is 20.8 Å². The maximum Gasteiger partial charge on any atom is 0.190 e. The molecule has 0 amide bonds. The standard InChI is InChI=1S/C26H35FN6O4/c1-7-17(13-32(4)28)22-12-29-20-8-9-24(30-21-10-19(35-5)11-23(36-6)25(21)27)33(26(20)31-22)14-18(34)15-37-16(2)3/h8-13,16,18,34H,7,14-15,28H2,1-6H3/b17-13+,30-24?. The van der Waals surface area contributed by atoms with E-state index >= 15 is 4.39 Å². The Hall–Kier alpha value is -3.54. The highest BCUT2D eigenvalue weighted by molar-refractivity contribution is 5.73. The van der Waals surface area contributed by atoms with Crippen LogP contribution in [0.2, 0.25) is 0 Å². The van der Waals surface area contributed by atoms with E-state index < -0.39 is 11.9 Å². The molecule has 11 heteroatoms. The van der Waals surface area contributed by atoms with Crippen LogP contribution in [-0.4, -0.2) is 64.7 Å². The van der Waals surface area contributed by atoms with Crippen LogP contribution in [0.3, 0.4) is 0 Å². The van der Waals surface area contributed by atoms with Crippen LogP contribution in [0.25, 0.3) is 16.7 Å². The maximum atomic E-state index is 15.1. The lowest BCUT2D eigenvalue weighted by Gasteiger charge is -2.18. The van der Waals surface area contributed by atoms with Gasteiger partial charge in [0.25, 0.3) is 0 Å². The van der Waals surface area contributed by atoms with E-state index in [1.165, 1.54) is 31.4 Å². The second-order valence-corrected chi connectivity index (χ2v) is 8.75. The van der Waals surface area contributed by atoms with Gasteiger partial charge in [-0.05, 0) is 38.0 Å². The number of halogens is 1. The van der Waals surface area contributed by atoms with Crippen LogP contribution in [0.5, 0.6) is 11.5 Å². The smallest absolute Gasteiger partial charge is 0.190 e. The van der Waals surface area contributed by atoms with Gasteiger partial charge in [0, 0.05) is 25.4 Å². The molecule has 200 valence electrons. The van der Waals surface area contributed by atoms with Gasteiger partial charge in [0.15, 0.2) is 17.2 Å². The first kappa shape index (κ1) is 28.0. The van der Waals surface area contributed by atoms with Gasteiger partial charge >= 0.3 is 0 Å². The van der Waals surface area contributed by atoms with Crippen molar-refractivity contribution < 1.29 is 23.7 Å².